The van der Waals surface area contributed by atoms with Gasteiger partial charge in [-0.2, -0.15) is 0 Å². The zero-order chi connectivity index (χ0) is 15.5. The van der Waals surface area contributed by atoms with Gasteiger partial charge in [0.1, 0.15) is 5.41 Å². The van der Waals surface area contributed by atoms with E-state index in [-0.39, 0.29) is 17.6 Å². The van der Waals surface area contributed by atoms with Crippen LogP contribution in [0.1, 0.15) is 19.8 Å². The maximum atomic E-state index is 12.8. The molecule has 8 heteroatoms. The molecule has 0 aromatic rings. The summed E-state index contributed by atoms with van der Waals surface area (Å²) in [6.45, 7) is 4.33. The Hall–Kier alpha value is -1.83. The maximum absolute atomic E-state index is 12.8. The average Bonchev–Trinajstić information content (AvgIpc) is 2.54. The van der Waals surface area contributed by atoms with Crippen molar-refractivity contribution in [2.75, 3.05) is 39.4 Å². The number of nitrogens with zero attached hydrogens (tertiary/aromatic N) is 3. The number of carbonyl (C=O) groups is 2. The van der Waals surface area contributed by atoms with Gasteiger partial charge >= 0.3 is 0 Å². The highest BCUT2D eigenvalue weighted by Crippen LogP contribution is 2.33. The molecular formula is C13H22N4O4. The van der Waals surface area contributed by atoms with Gasteiger partial charge in [-0.05, 0) is 12.8 Å². The zero-order valence-electron chi connectivity index (χ0n) is 12.2. The van der Waals surface area contributed by atoms with Gasteiger partial charge in [0.05, 0.1) is 0 Å². The van der Waals surface area contributed by atoms with Crippen LogP contribution in [0.5, 0.6) is 0 Å². The standard InChI is InChI=1S/C13H22N4O4/c1-10(18)16-4-6-17(7-5-16)12(19)13(11(14)15-20)2-8-21-9-3-13/h20H,2-9H2,1H3,(H2,14,15). The number of nitrogens with two attached hydrogens (primary N) is 1. The third-order valence-corrected chi connectivity index (χ3v) is 4.37. The van der Waals surface area contributed by atoms with Crippen molar-refractivity contribution in [2.24, 2.45) is 16.3 Å². The molecule has 21 heavy (non-hydrogen) atoms. The van der Waals surface area contributed by atoms with Gasteiger partial charge in [-0.15, -0.1) is 0 Å². The quantitative estimate of drug-likeness (QED) is 0.301. The van der Waals surface area contributed by atoms with E-state index in [1.807, 2.05) is 0 Å². The molecule has 2 amide bonds. The Morgan fingerprint density at radius 2 is 1.67 bits per heavy atom. The molecule has 0 atom stereocenters. The first-order valence-corrected chi connectivity index (χ1v) is 7.12. The molecule has 0 spiro atoms. The summed E-state index contributed by atoms with van der Waals surface area (Å²) in [5, 5.41) is 12.1. The molecule has 8 nitrogen and oxygen atoms in total. The van der Waals surface area contributed by atoms with Crippen molar-refractivity contribution in [3.63, 3.8) is 0 Å². The highest BCUT2D eigenvalue weighted by molar-refractivity contribution is 6.06. The second kappa shape index (κ2) is 6.30. The maximum Gasteiger partial charge on any atom is 0.236 e. The Kier molecular flexibility index (Phi) is 4.66. The van der Waals surface area contributed by atoms with Crippen molar-refractivity contribution in [3.8, 4) is 0 Å². The van der Waals surface area contributed by atoms with E-state index in [2.05, 4.69) is 5.16 Å². The average molecular weight is 298 g/mol. The van der Waals surface area contributed by atoms with Gasteiger partial charge in [0.15, 0.2) is 5.84 Å². The van der Waals surface area contributed by atoms with E-state index in [0.29, 0.717) is 52.2 Å². The second-order valence-corrected chi connectivity index (χ2v) is 5.48. The number of amidine groups is 1. The number of amides is 2. The summed E-state index contributed by atoms with van der Waals surface area (Å²) in [6.07, 6.45) is 0.823. The summed E-state index contributed by atoms with van der Waals surface area (Å²) in [4.78, 5) is 27.6. The molecule has 2 fully saturated rings. The molecular weight excluding hydrogens is 276 g/mol. The lowest BCUT2D eigenvalue weighted by Crippen LogP contribution is -2.58. The van der Waals surface area contributed by atoms with Crippen molar-refractivity contribution in [3.05, 3.63) is 0 Å². The Bertz CT molecular complexity index is 437. The third-order valence-electron chi connectivity index (χ3n) is 4.37. The van der Waals surface area contributed by atoms with E-state index in [1.165, 1.54) is 6.92 Å². The molecule has 3 N–H and O–H groups in total. The lowest BCUT2D eigenvalue weighted by Gasteiger charge is -2.41. The minimum atomic E-state index is -0.981. The van der Waals surface area contributed by atoms with Crippen LogP contribution in [0.25, 0.3) is 0 Å². The van der Waals surface area contributed by atoms with Crippen LogP contribution in [0.4, 0.5) is 0 Å². The highest BCUT2D eigenvalue weighted by Gasteiger charge is 2.47. The molecule has 0 aliphatic carbocycles. The number of piperazine rings is 1. The predicted molar refractivity (Wildman–Crippen MR) is 74.7 cm³/mol. The molecule has 0 radical (unpaired) electrons. The summed E-state index contributed by atoms with van der Waals surface area (Å²) >= 11 is 0. The van der Waals surface area contributed by atoms with Crippen molar-refractivity contribution in [1.29, 1.82) is 0 Å². The molecule has 0 saturated carbocycles. The normalized spacial score (nSPS) is 23.0. The molecule has 2 saturated heterocycles. The smallest absolute Gasteiger partial charge is 0.236 e. The van der Waals surface area contributed by atoms with Crippen LogP contribution in [0.2, 0.25) is 0 Å². The topological polar surface area (TPSA) is 108 Å². The molecule has 2 aliphatic rings. The predicted octanol–water partition coefficient (Wildman–Crippen LogP) is -0.780. The highest BCUT2D eigenvalue weighted by atomic mass is 16.5. The number of rotatable bonds is 2. The summed E-state index contributed by atoms with van der Waals surface area (Å²) < 4.78 is 5.29. The number of hydrogen-bond acceptors (Lipinski definition) is 5. The fourth-order valence-corrected chi connectivity index (χ4v) is 2.92. The minimum absolute atomic E-state index is 0.0133. The second-order valence-electron chi connectivity index (χ2n) is 5.48. The molecule has 2 heterocycles. The lowest BCUT2D eigenvalue weighted by molar-refractivity contribution is -0.147. The third kappa shape index (κ3) is 2.94. The Balaban J connectivity index is 2.11. The molecule has 2 rings (SSSR count). The summed E-state index contributed by atoms with van der Waals surface area (Å²) in [6, 6.07) is 0. The monoisotopic (exact) mass is 298 g/mol. The number of hydrogen-bond donors (Lipinski definition) is 2. The van der Waals surface area contributed by atoms with E-state index in [9.17, 15) is 9.59 Å². The Morgan fingerprint density at radius 3 is 2.14 bits per heavy atom. The van der Waals surface area contributed by atoms with Gasteiger partial charge < -0.3 is 25.5 Å². The van der Waals surface area contributed by atoms with Gasteiger partial charge in [0, 0.05) is 46.3 Å². The van der Waals surface area contributed by atoms with Crippen molar-refractivity contribution >= 4 is 17.6 Å². The first-order valence-electron chi connectivity index (χ1n) is 7.12. The van der Waals surface area contributed by atoms with E-state index >= 15 is 0 Å². The molecule has 2 aliphatic heterocycles. The van der Waals surface area contributed by atoms with Crippen molar-refractivity contribution in [2.45, 2.75) is 19.8 Å². The molecule has 0 aromatic heterocycles. The van der Waals surface area contributed by atoms with Crippen molar-refractivity contribution < 1.29 is 19.5 Å². The minimum Gasteiger partial charge on any atom is -0.409 e. The summed E-state index contributed by atoms with van der Waals surface area (Å²) in [5.74, 6) is -0.173. The van der Waals surface area contributed by atoms with Crippen LogP contribution in [-0.2, 0) is 14.3 Å². The van der Waals surface area contributed by atoms with Crippen LogP contribution in [0, 0.1) is 5.41 Å². The van der Waals surface area contributed by atoms with Gasteiger partial charge in [-0.1, -0.05) is 5.16 Å². The molecule has 0 aromatic carbocycles. The van der Waals surface area contributed by atoms with Crippen molar-refractivity contribution in [1.82, 2.24) is 9.80 Å². The largest absolute Gasteiger partial charge is 0.409 e. The van der Waals surface area contributed by atoms with Crippen LogP contribution < -0.4 is 5.73 Å². The molecule has 118 valence electrons. The summed E-state index contributed by atoms with van der Waals surface area (Å²) in [5.41, 5.74) is 4.82. The fraction of sp³-hybridized carbons (Fsp3) is 0.769. The molecule has 0 unspecified atom stereocenters. The van der Waals surface area contributed by atoms with Crippen LogP contribution in [0.3, 0.4) is 0 Å². The fourth-order valence-electron chi connectivity index (χ4n) is 2.92. The first-order chi connectivity index (χ1) is 10.0. The summed E-state index contributed by atoms with van der Waals surface area (Å²) in [7, 11) is 0. The van der Waals surface area contributed by atoms with E-state index in [4.69, 9.17) is 15.7 Å². The van der Waals surface area contributed by atoms with Crippen LogP contribution >= 0.6 is 0 Å². The first kappa shape index (κ1) is 15.6. The van der Waals surface area contributed by atoms with Gasteiger partial charge in [-0.25, -0.2) is 0 Å². The number of carbonyl (C=O) groups excluding carboxylic acids is 2. The van der Waals surface area contributed by atoms with Gasteiger partial charge in [-0.3, -0.25) is 9.59 Å². The van der Waals surface area contributed by atoms with E-state index in [0.717, 1.165) is 0 Å². The number of oxime groups is 1. The van der Waals surface area contributed by atoms with Crippen LogP contribution in [0.15, 0.2) is 5.16 Å². The Labute approximate surface area is 123 Å². The zero-order valence-corrected chi connectivity index (χ0v) is 12.2. The number of ether oxygens (including phenoxy) is 1. The lowest BCUT2D eigenvalue weighted by atomic mass is 9.77. The van der Waals surface area contributed by atoms with E-state index < -0.39 is 5.41 Å². The molecule has 0 bridgehead atoms. The SMILES string of the molecule is CC(=O)N1CCN(C(=O)C2(C(N)=NO)CCOCC2)CC1. The van der Waals surface area contributed by atoms with Gasteiger partial charge in [0.2, 0.25) is 11.8 Å². The van der Waals surface area contributed by atoms with Gasteiger partial charge in [0.25, 0.3) is 0 Å². The Morgan fingerprint density at radius 1 is 1.14 bits per heavy atom. The van der Waals surface area contributed by atoms with Crippen LogP contribution in [-0.4, -0.2) is 72.0 Å². The van der Waals surface area contributed by atoms with E-state index in [1.54, 1.807) is 9.80 Å².